The highest BCUT2D eigenvalue weighted by molar-refractivity contribution is 5.85. The molecule has 0 aromatic heterocycles. The van der Waals surface area contributed by atoms with E-state index in [1.807, 2.05) is 46.7 Å². The average molecular weight is 614 g/mol. The summed E-state index contributed by atoms with van der Waals surface area (Å²) in [6.07, 6.45) is -3.96. The van der Waals surface area contributed by atoms with Crippen LogP contribution in [0.5, 0.6) is 0 Å². The molecule has 11 nitrogen and oxygen atoms in total. The zero-order chi connectivity index (χ0) is 32.6. The number of carbonyl (C=O) groups excluding carboxylic acids is 3. The zero-order valence-corrected chi connectivity index (χ0v) is 27.9. The smallest absolute Gasteiger partial charge is 0.311 e. The van der Waals surface area contributed by atoms with Gasteiger partial charge < -0.3 is 38.8 Å². The molecule has 3 fully saturated rings. The predicted octanol–water partition coefficient (Wildman–Crippen LogP) is 2.72. The molecule has 0 radical (unpaired) electrons. The molecule has 3 rings (SSSR count). The number of cyclic esters (lactones) is 1. The van der Waals surface area contributed by atoms with Crippen LogP contribution in [0.4, 0.5) is 0 Å². The normalized spacial score (nSPS) is 47.1. The number of aliphatic hydroxyl groups is 2. The predicted molar refractivity (Wildman–Crippen MR) is 158 cm³/mol. The lowest BCUT2D eigenvalue weighted by Crippen LogP contribution is -2.60. The van der Waals surface area contributed by atoms with E-state index in [0.29, 0.717) is 12.8 Å². The van der Waals surface area contributed by atoms with Gasteiger partial charge in [-0.2, -0.15) is 0 Å². The van der Waals surface area contributed by atoms with Crippen LogP contribution in [0.25, 0.3) is 0 Å². The number of nitrogens with zero attached hydrogens (tertiary/aromatic N) is 1. The van der Waals surface area contributed by atoms with Crippen molar-refractivity contribution < 1.29 is 48.3 Å². The fourth-order valence-corrected chi connectivity index (χ4v) is 7.64. The minimum absolute atomic E-state index is 0.0365. The minimum atomic E-state index is -1.24. The molecule has 3 heterocycles. The quantitative estimate of drug-likeness (QED) is 0.442. The first-order valence-corrected chi connectivity index (χ1v) is 15.8. The van der Waals surface area contributed by atoms with E-state index in [-0.39, 0.29) is 30.8 Å². The number of aliphatic hydroxyl groups excluding tert-OH is 2. The zero-order valence-electron chi connectivity index (χ0n) is 27.9. The summed E-state index contributed by atoms with van der Waals surface area (Å²) < 4.78 is 30.5. The average Bonchev–Trinajstić information content (AvgIpc) is 3.27. The van der Waals surface area contributed by atoms with Gasteiger partial charge in [0.05, 0.1) is 36.3 Å². The lowest BCUT2D eigenvalue weighted by atomic mass is 9.70. The second-order valence-electron chi connectivity index (χ2n) is 13.9. The largest absolute Gasteiger partial charge is 0.458 e. The Bertz CT molecular complexity index is 1010. The SMILES string of the molecule is CC[C@H]1OC(=O)[C@H](C)[C@@H](O)[C@H](C)[C@@H](O[C@@H]2O[C@H](C)C[C@H](N(C)C)[C@H]2O)[C@](C)(OC)C[C@@H](C)C(=O)[C@H](C)[C@H]2CC(=O)O[C@@]21C. The Balaban J connectivity index is 2.08. The number of hydrogen-bond acceptors (Lipinski definition) is 11. The van der Waals surface area contributed by atoms with Gasteiger partial charge in [0, 0.05) is 36.8 Å². The molecular formula is C32H55NO10. The second kappa shape index (κ2) is 13.8. The molecule has 11 heteroatoms. The van der Waals surface area contributed by atoms with E-state index in [4.69, 9.17) is 23.7 Å². The molecule has 43 heavy (non-hydrogen) atoms. The van der Waals surface area contributed by atoms with Crippen LogP contribution < -0.4 is 0 Å². The number of methoxy groups -OCH3 is 1. The molecule has 2 N–H and O–H groups in total. The summed E-state index contributed by atoms with van der Waals surface area (Å²) in [7, 11) is 5.29. The van der Waals surface area contributed by atoms with E-state index in [0.717, 1.165) is 0 Å². The molecule has 0 bridgehead atoms. The molecule has 248 valence electrons. The third-order valence-electron chi connectivity index (χ3n) is 10.5. The Labute approximate surface area is 256 Å². The van der Waals surface area contributed by atoms with Gasteiger partial charge in [-0.3, -0.25) is 14.4 Å². The number of Topliss-reactive ketones (excluding diaryl/α,β-unsaturated/α-hetero) is 1. The Morgan fingerprint density at radius 3 is 2.19 bits per heavy atom. The van der Waals surface area contributed by atoms with Gasteiger partial charge in [0.2, 0.25) is 0 Å². The molecule has 3 saturated heterocycles. The van der Waals surface area contributed by atoms with Crippen LogP contribution in [0.3, 0.4) is 0 Å². The van der Waals surface area contributed by atoms with Crippen LogP contribution in [0.2, 0.25) is 0 Å². The minimum Gasteiger partial charge on any atom is -0.458 e. The van der Waals surface area contributed by atoms with Crippen molar-refractivity contribution in [2.45, 2.75) is 135 Å². The molecule has 3 aliphatic rings. The Hall–Kier alpha value is -1.63. The number of ketones is 1. The van der Waals surface area contributed by atoms with Gasteiger partial charge in [0.15, 0.2) is 6.29 Å². The summed E-state index contributed by atoms with van der Waals surface area (Å²) in [5.74, 6) is -4.46. The number of ether oxygens (including phenoxy) is 5. The van der Waals surface area contributed by atoms with Crippen molar-refractivity contribution in [1.82, 2.24) is 4.90 Å². The van der Waals surface area contributed by atoms with E-state index in [1.54, 1.807) is 27.7 Å². The number of rotatable bonds is 5. The molecule has 0 saturated carbocycles. The maximum absolute atomic E-state index is 14.0. The van der Waals surface area contributed by atoms with E-state index in [9.17, 15) is 24.6 Å². The first-order chi connectivity index (χ1) is 19.9. The van der Waals surface area contributed by atoms with Crippen LogP contribution in [0, 0.1) is 29.6 Å². The summed E-state index contributed by atoms with van der Waals surface area (Å²) >= 11 is 0. The van der Waals surface area contributed by atoms with Gasteiger partial charge in [0.1, 0.15) is 23.6 Å². The number of hydrogen-bond donors (Lipinski definition) is 2. The van der Waals surface area contributed by atoms with Crippen LogP contribution in [-0.2, 0) is 38.1 Å². The van der Waals surface area contributed by atoms with Crippen molar-refractivity contribution in [3.05, 3.63) is 0 Å². The van der Waals surface area contributed by atoms with Crippen LogP contribution in [0.15, 0.2) is 0 Å². The number of esters is 2. The summed E-state index contributed by atoms with van der Waals surface area (Å²) in [4.78, 5) is 42.0. The highest BCUT2D eigenvalue weighted by atomic mass is 16.7. The van der Waals surface area contributed by atoms with Gasteiger partial charge in [0.25, 0.3) is 0 Å². The number of likely N-dealkylation sites (N-methyl/N-ethyl adjacent to an activating group) is 1. The monoisotopic (exact) mass is 613 g/mol. The van der Waals surface area contributed by atoms with Gasteiger partial charge >= 0.3 is 11.9 Å². The third-order valence-corrected chi connectivity index (χ3v) is 10.5. The van der Waals surface area contributed by atoms with Crippen molar-refractivity contribution in [3.63, 3.8) is 0 Å². The maximum atomic E-state index is 14.0. The molecule has 14 atom stereocenters. The molecule has 0 amide bonds. The Morgan fingerprint density at radius 1 is 1.00 bits per heavy atom. The van der Waals surface area contributed by atoms with Gasteiger partial charge in [-0.05, 0) is 61.1 Å². The molecule has 0 aromatic carbocycles. The van der Waals surface area contributed by atoms with Crippen LogP contribution in [-0.4, -0.2) is 108 Å². The Morgan fingerprint density at radius 2 is 1.63 bits per heavy atom. The summed E-state index contributed by atoms with van der Waals surface area (Å²) in [6, 6.07) is -0.229. The molecular weight excluding hydrogens is 558 g/mol. The van der Waals surface area contributed by atoms with Crippen molar-refractivity contribution >= 4 is 17.7 Å². The summed E-state index contributed by atoms with van der Waals surface area (Å²) in [5, 5.41) is 22.9. The molecule has 0 aromatic rings. The van der Waals surface area contributed by atoms with Crippen molar-refractivity contribution in [2.75, 3.05) is 21.2 Å². The molecule has 0 unspecified atom stereocenters. The number of fused-ring (bicyclic) bond motifs is 1. The topological polar surface area (TPSA) is 141 Å². The van der Waals surface area contributed by atoms with Gasteiger partial charge in [-0.25, -0.2) is 0 Å². The van der Waals surface area contributed by atoms with Crippen molar-refractivity contribution in [2.24, 2.45) is 29.6 Å². The fraction of sp³-hybridized carbons (Fsp3) is 0.906. The first kappa shape index (κ1) is 35.8. The third kappa shape index (κ3) is 7.12. The summed E-state index contributed by atoms with van der Waals surface area (Å²) in [6.45, 7) is 14.3. The van der Waals surface area contributed by atoms with E-state index >= 15 is 0 Å². The number of carbonyl (C=O) groups is 3. The Kier molecular flexibility index (Phi) is 11.5. The molecule has 3 aliphatic heterocycles. The van der Waals surface area contributed by atoms with Crippen LogP contribution >= 0.6 is 0 Å². The maximum Gasteiger partial charge on any atom is 0.311 e. The lowest BCUT2D eigenvalue weighted by Gasteiger charge is -2.48. The van der Waals surface area contributed by atoms with Gasteiger partial charge in [-0.1, -0.05) is 27.7 Å². The standard InChI is InChI=1S/C32H55NO10/c1-12-23-32(8)21(14-24(34)43-32)18(4)25(35)16(2)15-31(7,39-11)28(19(5)26(36)20(6)29(38)41-23)42-30-27(37)22(33(9)10)13-17(3)40-30/h16-23,26-28,30,36-37H,12-15H2,1-11H3/t16-,17-,18-,19+,20-,21-,22+,23-,26+,27-,28-,30+,31-,32+/m1/s1. The molecule has 0 aliphatic carbocycles. The van der Waals surface area contributed by atoms with Crippen molar-refractivity contribution in [3.8, 4) is 0 Å². The first-order valence-electron chi connectivity index (χ1n) is 15.8. The second-order valence-corrected chi connectivity index (χ2v) is 13.9. The summed E-state index contributed by atoms with van der Waals surface area (Å²) in [5.41, 5.74) is -2.33. The van der Waals surface area contributed by atoms with Crippen molar-refractivity contribution in [1.29, 1.82) is 0 Å². The molecule has 0 spiro atoms. The highest BCUT2D eigenvalue weighted by Crippen LogP contribution is 2.45. The van der Waals surface area contributed by atoms with Crippen LogP contribution in [0.1, 0.15) is 81.1 Å². The van der Waals surface area contributed by atoms with E-state index in [1.165, 1.54) is 7.11 Å². The van der Waals surface area contributed by atoms with Gasteiger partial charge in [-0.15, -0.1) is 0 Å². The fourth-order valence-electron chi connectivity index (χ4n) is 7.64. The van der Waals surface area contributed by atoms with E-state index in [2.05, 4.69) is 0 Å². The highest BCUT2D eigenvalue weighted by Gasteiger charge is 2.57. The van der Waals surface area contributed by atoms with E-state index < -0.39 is 83.4 Å². The lowest BCUT2D eigenvalue weighted by molar-refractivity contribution is -0.301.